The molecule has 4 atom stereocenters. The van der Waals surface area contributed by atoms with Crippen LogP contribution in [0, 0.1) is 0 Å². The maximum atomic E-state index is 12.6. The van der Waals surface area contributed by atoms with Crippen LogP contribution in [-0.4, -0.2) is 57.3 Å². The Labute approximate surface area is 374 Å². The van der Waals surface area contributed by atoms with Crippen molar-refractivity contribution in [2.45, 2.75) is 308 Å². The minimum absolute atomic E-state index is 0.364. The third kappa shape index (κ3) is 42.1. The van der Waals surface area contributed by atoms with Gasteiger partial charge in [-0.05, 0) is 51.4 Å². The minimum atomic E-state index is -1.29. The number of nitrogens with one attached hydrogen (secondary N) is 1. The summed E-state index contributed by atoms with van der Waals surface area (Å²) in [6, 6.07) is -1.01. The van der Waals surface area contributed by atoms with Crippen LogP contribution < -0.4 is 5.32 Å². The third-order valence-corrected chi connectivity index (χ3v) is 12.6. The Hall–Kier alpha value is -1.21. The quantitative estimate of drug-likeness (QED) is 0.0309. The van der Waals surface area contributed by atoms with E-state index in [2.05, 4.69) is 43.5 Å². The lowest BCUT2D eigenvalue weighted by Gasteiger charge is -2.27. The molecule has 0 spiro atoms. The number of aliphatic hydroxyl groups excluding tert-OH is 4. The average molecular weight is 848 g/mol. The van der Waals surface area contributed by atoms with E-state index in [9.17, 15) is 25.2 Å². The van der Waals surface area contributed by atoms with E-state index < -0.39 is 36.9 Å². The van der Waals surface area contributed by atoms with Gasteiger partial charge >= 0.3 is 0 Å². The van der Waals surface area contributed by atoms with Gasteiger partial charge in [-0.3, -0.25) is 4.79 Å². The predicted molar refractivity (Wildman–Crippen MR) is 261 cm³/mol. The van der Waals surface area contributed by atoms with Crippen LogP contribution in [0.1, 0.15) is 284 Å². The first kappa shape index (κ1) is 58.8. The summed E-state index contributed by atoms with van der Waals surface area (Å²) >= 11 is 0. The SMILES string of the molecule is CCCCCCCC/C=C/CC/C=C/CCCC(O)C(O)C(CO)NC(=O)C(O)CCCCCCCCCCCCCCCCCCCCCCCCCCCCCCC. The number of unbranched alkanes of at least 4 members (excludes halogenated alkanes) is 36. The zero-order chi connectivity index (χ0) is 43.8. The van der Waals surface area contributed by atoms with Gasteiger partial charge in [-0.25, -0.2) is 0 Å². The van der Waals surface area contributed by atoms with Gasteiger partial charge in [-0.1, -0.05) is 256 Å². The van der Waals surface area contributed by atoms with Crippen molar-refractivity contribution in [2.24, 2.45) is 0 Å². The lowest BCUT2D eigenvalue weighted by atomic mass is 10.00. The van der Waals surface area contributed by atoms with Crippen molar-refractivity contribution in [1.29, 1.82) is 0 Å². The van der Waals surface area contributed by atoms with Crippen LogP contribution in [-0.2, 0) is 4.79 Å². The molecule has 0 fully saturated rings. The second kappa shape index (κ2) is 48.8. The van der Waals surface area contributed by atoms with Crippen LogP contribution in [0.4, 0.5) is 0 Å². The van der Waals surface area contributed by atoms with Gasteiger partial charge in [0.1, 0.15) is 12.2 Å². The molecular formula is C54H105NO5. The van der Waals surface area contributed by atoms with Gasteiger partial charge in [0.2, 0.25) is 5.91 Å². The van der Waals surface area contributed by atoms with Gasteiger partial charge in [0.25, 0.3) is 0 Å². The molecular weight excluding hydrogens is 743 g/mol. The molecule has 0 aromatic rings. The maximum Gasteiger partial charge on any atom is 0.249 e. The van der Waals surface area contributed by atoms with Gasteiger partial charge in [-0.2, -0.15) is 0 Å². The zero-order valence-electron chi connectivity index (χ0n) is 40.2. The van der Waals surface area contributed by atoms with Crippen molar-refractivity contribution in [3.8, 4) is 0 Å². The number of amides is 1. The Morgan fingerprint density at radius 1 is 0.400 bits per heavy atom. The summed E-state index contributed by atoms with van der Waals surface area (Å²) in [6.07, 6.45) is 58.2. The molecule has 0 radical (unpaired) electrons. The molecule has 0 saturated heterocycles. The first-order valence-corrected chi connectivity index (χ1v) is 26.7. The molecule has 6 heteroatoms. The summed E-state index contributed by atoms with van der Waals surface area (Å²) < 4.78 is 0. The van der Waals surface area contributed by atoms with Gasteiger partial charge in [0.05, 0.1) is 18.8 Å². The van der Waals surface area contributed by atoms with E-state index in [1.807, 2.05) is 0 Å². The standard InChI is InChI=1S/C54H105NO5/c1-3-5-7-9-11-13-15-17-19-20-21-22-23-24-25-26-27-28-29-30-31-32-34-36-38-40-42-44-46-48-52(58)54(60)55-50(49-56)53(59)51(57)47-45-43-41-39-37-35-33-18-16-14-12-10-8-6-4-2/h18,33,39,41,50-53,56-59H,3-17,19-32,34-38,40,42-49H2,1-2H3,(H,55,60)/b33-18+,41-39+. The smallest absolute Gasteiger partial charge is 0.249 e. The molecule has 0 aromatic carbocycles. The Kier molecular flexibility index (Phi) is 47.8. The summed E-state index contributed by atoms with van der Waals surface area (Å²) in [5.74, 6) is -0.593. The van der Waals surface area contributed by atoms with E-state index in [0.717, 1.165) is 38.5 Å². The molecule has 356 valence electrons. The van der Waals surface area contributed by atoms with Crippen molar-refractivity contribution in [3.05, 3.63) is 24.3 Å². The fourth-order valence-electron chi connectivity index (χ4n) is 8.42. The van der Waals surface area contributed by atoms with E-state index in [1.54, 1.807) is 0 Å². The minimum Gasteiger partial charge on any atom is -0.394 e. The molecule has 0 rings (SSSR count). The summed E-state index contributed by atoms with van der Waals surface area (Å²) in [4.78, 5) is 12.6. The fraction of sp³-hybridized carbons (Fsp3) is 0.907. The van der Waals surface area contributed by atoms with Crippen LogP contribution in [0.2, 0.25) is 0 Å². The summed E-state index contributed by atoms with van der Waals surface area (Å²) in [7, 11) is 0. The van der Waals surface area contributed by atoms with Gasteiger partial charge in [-0.15, -0.1) is 0 Å². The molecule has 0 saturated carbocycles. The summed E-state index contributed by atoms with van der Waals surface area (Å²) in [5, 5.41) is 43.8. The van der Waals surface area contributed by atoms with Gasteiger partial charge in [0, 0.05) is 0 Å². The molecule has 0 aliphatic carbocycles. The summed E-state index contributed by atoms with van der Waals surface area (Å²) in [5.41, 5.74) is 0. The molecule has 0 aliphatic rings. The Morgan fingerprint density at radius 2 is 0.700 bits per heavy atom. The third-order valence-electron chi connectivity index (χ3n) is 12.6. The highest BCUT2D eigenvalue weighted by molar-refractivity contribution is 5.80. The number of allylic oxidation sites excluding steroid dienone is 4. The van der Waals surface area contributed by atoms with E-state index in [0.29, 0.717) is 19.3 Å². The number of carbonyl (C=O) groups excluding carboxylic acids is 1. The first-order valence-electron chi connectivity index (χ1n) is 26.7. The number of rotatable bonds is 49. The number of aliphatic hydroxyl groups is 4. The molecule has 1 amide bonds. The highest BCUT2D eigenvalue weighted by Gasteiger charge is 2.28. The maximum absolute atomic E-state index is 12.6. The number of hydrogen-bond acceptors (Lipinski definition) is 5. The van der Waals surface area contributed by atoms with Gasteiger partial charge in [0.15, 0.2) is 0 Å². The lowest BCUT2D eigenvalue weighted by molar-refractivity contribution is -0.132. The molecule has 0 aromatic heterocycles. The lowest BCUT2D eigenvalue weighted by Crippen LogP contribution is -2.53. The molecule has 5 N–H and O–H groups in total. The summed E-state index contributed by atoms with van der Waals surface area (Å²) in [6.45, 7) is 4.05. The van der Waals surface area contributed by atoms with Gasteiger partial charge < -0.3 is 25.7 Å². The van der Waals surface area contributed by atoms with E-state index in [-0.39, 0.29) is 0 Å². The van der Waals surface area contributed by atoms with E-state index >= 15 is 0 Å². The molecule has 0 aliphatic heterocycles. The average Bonchev–Trinajstić information content (AvgIpc) is 3.25. The largest absolute Gasteiger partial charge is 0.394 e. The molecule has 4 unspecified atom stereocenters. The van der Waals surface area contributed by atoms with Crippen LogP contribution in [0.25, 0.3) is 0 Å². The Balaban J connectivity index is 3.60. The molecule has 0 heterocycles. The van der Waals surface area contributed by atoms with E-state index in [4.69, 9.17) is 0 Å². The normalized spacial score (nSPS) is 14.0. The second-order valence-corrected chi connectivity index (χ2v) is 18.6. The van der Waals surface area contributed by atoms with Crippen molar-refractivity contribution in [2.75, 3.05) is 6.61 Å². The number of carbonyl (C=O) groups is 1. The monoisotopic (exact) mass is 848 g/mol. The van der Waals surface area contributed by atoms with Crippen LogP contribution in [0.15, 0.2) is 24.3 Å². The molecule has 60 heavy (non-hydrogen) atoms. The molecule has 6 nitrogen and oxygen atoms in total. The number of hydrogen-bond donors (Lipinski definition) is 5. The Bertz CT molecular complexity index is 909. The van der Waals surface area contributed by atoms with Crippen LogP contribution in [0.5, 0.6) is 0 Å². The fourth-order valence-corrected chi connectivity index (χ4v) is 8.42. The van der Waals surface area contributed by atoms with Crippen LogP contribution in [0.3, 0.4) is 0 Å². The topological polar surface area (TPSA) is 110 Å². The predicted octanol–water partition coefficient (Wildman–Crippen LogP) is 15.1. The first-order chi connectivity index (χ1) is 29.5. The zero-order valence-corrected chi connectivity index (χ0v) is 40.2. The van der Waals surface area contributed by atoms with Crippen molar-refractivity contribution in [1.82, 2.24) is 5.32 Å². The Morgan fingerprint density at radius 3 is 1.05 bits per heavy atom. The highest BCUT2D eigenvalue weighted by atomic mass is 16.3. The molecule has 0 bridgehead atoms. The van der Waals surface area contributed by atoms with Crippen molar-refractivity contribution < 1.29 is 25.2 Å². The van der Waals surface area contributed by atoms with Crippen molar-refractivity contribution in [3.63, 3.8) is 0 Å². The highest BCUT2D eigenvalue weighted by Crippen LogP contribution is 2.17. The van der Waals surface area contributed by atoms with E-state index in [1.165, 1.54) is 212 Å². The second-order valence-electron chi connectivity index (χ2n) is 18.6. The van der Waals surface area contributed by atoms with Crippen LogP contribution >= 0.6 is 0 Å². The van der Waals surface area contributed by atoms with Crippen molar-refractivity contribution >= 4 is 5.91 Å².